The fourth-order valence-electron chi connectivity index (χ4n) is 6.19. The lowest BCUT2D eigenvalue weighted by Crippen LogP contribution is -2.47. The van der Waals surface area contributed by atoms with E-state index in [1.807, 2.05) is 36.4 Å². The predicted molar refractivity (Wildman–Crippen MR) is 219 cm³/mol. The molecular formula is C38H38Cl3FN10S2. The van der Waals surface area contributed by atoms with Crippen LogP contribution in [0.5, 0.6) is 0 Å². The molecule has 6 heterocycles. The van der Waals surface area contributed by atoms with Crippen LogP contribution in [0, 0.1) is 5.82 Å². The lowest BCUT2D eigenvalue weighted by molar-refractivity contribution is 0.261. The third-order valence-electron chi connectivity index (χ3n) is 9.30. The first-order valence-corrected chi connectivity index (χ1v) is 20.4. The van der Waals surface area contributed by atoms with E-state index in [1.54, 1.807) is 24.8 Å². The summed E-state index contributed by atoms with van der Waals surface area (Å²) in [6.07, 6.45) is 8.66. The standard InChI is InChI=1S/C19H19Cl2N5S.C19H19ClFN5S/c20-16-3-1-14(2-4-16)5-6-25-7-9-26(10-8-25)19-23-18(24-27-19)15-11-17(21)13-22-12-15;20-16-11-15(12-22-13-16)18-23-19(27-24-18)26-9-7-25(8-10-26)6-5-14-1-3-17(21)4-2-14/h2*1-4,11-13H,5-10H2. The number of pyridine rings is 2. The highest BCUT2D eigenvalue weighted by molar-refractivity contribution is 7.10. The van der Waals surface area contributed by atoms with Crippen LogP contribution in [-0.2, 0) is 12.8 Å². The van der Waals surface area contributed by atoms with Crippen molar-refractivity contribution < 1.29 is 4.39 Å². The van der Waals surface area contributed by atoms with Crippen LogP contribution in [0.4, 0.5) is 14.7 Å². The Labute approximate surface area is 337 Å². The summed E-state index contributed by atoms with van der Waals surface area (Å²) in [4.78, 5) is 27.0. The van der Waals surface area contributed by atoms with Crippen molar-refractivity contribution in [3.63, 3.8) is 0 Å². The number of piperazine rings is 2. The van der Waals surface area contributed by atoms with Crippen LogP contribution in [0.2, 0.25) is 15.1 Å². The van der Waals surface area contributed by atoms with Crippen LogP contribution < -0.4 is 9.80 Å². The van der Waals surface area contributed by atoms with Gasteiger partial charge in [-0.1, -0.05) is 59.1 Å². The average molecular weight is 824 g/mol. The molecule has 0 aliphatic carbocycles. The van der Waals surface area contributed by atoms with Crippen molar-refractivity contribution in [1.29, 1.82) is 0 Å². The predicted octanol–water partition coefficient (Wildman–Crippen LogP) is 8.03. The van der Waals surface area contributed by atoms with Gasteiger partial charge < -0.3 is 9.80 Å². The Morgan fingerprint density at radius 1 is 0.537 bits per heavy atom. The zero-order chi connectivity index (χ0) is 37.3. The number of hydrogen-bond acceptors (Lipinski definition) is 12. The zero-order valence-electron chi connectivity index (χ0n) is 29.4. The smallest absolute Gasteiger partial charge is 0.205 e. The lowest BCUT2D eigenvalue weighted by atomic mass is 10.1. The summed E-state index contributed by atoms with van der Waals surface area (Å²) in [6.45, 7) is 9.83. The first-order valence-electron chi connectivity index (χ1n) is 17.7. The molecule has 10 nitrogen and oxygen atoms in total. The van der Waals surface area contributed by atoms with Gasteiger partial charge in [-0.2, -0.15) is 18.7 Å². The van der Waals surface area contributed by atoms with Crippen molar-refractivity contribution in [2.45, 2.75) is 12.8 Å². The van der Waals surface area contributed by atoms with Gasteiger partial charge in [-0.05, 0) is 60.4 Å². The summed E-state index contributed by atoms with van der Waals surface area (Å²) in [5, 5.41) is 3.86. The van der Waals surface area contributed by atoms with Gasteiger partial charge in [-0.25, -0.2) is 4.39 Å². The Balaban J connectivity index is 0.000000167. The molecule has 0 amide bonds. The molecule has 2 fully saturated rings. The SMILES string of the molecule is Clc1ccc(CCN2CCN(c3nc(-c4cncc(Cl)c4)ns3)CC2)cc1.Fc1ccc(CCN2CCN(c3nc(-c4cncc(Cl)c4)ns3)CC2)cc1. The molecule has 2 aliphatic rings. The number of aromatic nitrogens is 6. The minimum Gasteiger partial charge on any atom is -0.344 e. The van der Waals surface area contributed by atoms with Gasteiger partial charge >= 0.3 is 0 Å². The molecule has 8 rings (SSSR count). The minimum atomic E-state index is -0.183. The third kappa shape index (κ3) is 10.7. The molecular weight excluding hydrogens is 786 g/mol. The summed E-state index contributed by atoms with van der Waals surface area (Å²) in [5.74, 6) is 1.18. The van der Waals surface area contributed by atoms with Crippen molar-refractivity contribution in [3.8, 4) is 22.8 Å². The first kappa shape index (κ1) is 38.5. The largest absolute Gasteiger partial charge is 0.344 e. The van der Waals surface area contributed by atoms with E-state index in [-0.39, 0.29) is 5.82 Å². The fourth-order valence-corrected chi connectivity index (χ4v) is 8.15. The van der Waals surface area contributed by atoms with Gasteiger partial charge in [0.1, 0.15) is 5.82 Å². The van der Waals surface area contributed by atoms with Gasteiger partial charge in [0, 0.05) is 129 Å². The molecule has 0 saturated carbocycles. The molecule has 54 heavy (non-hydrogen) atoms. The second kappa shape index (κ2) is 18.7. The molecule has 280 valence electrons. The van der Waals surface area contributed by atoms with Crippen LogP contribution in [-0.4, -0.2) is 104 Å². The number of benzene rings is 2. The Morgan fingerprint density at radius 3 is 1.39 bits per heavy atom. The molecule has 6 aromatic rings. The molecule has 0 radical (unpaired) electrons. The van der Waals surface area contributed by atoms with Crippen LogP contribution in [0.15, 0.2) is 85.5 Å². The molecule has 2 saturated heterocycles. The summed E-state index contributed by atoms with van der Waals surface area (Å²) in [7, 11) is 0. The molecule has 0 atom stereocenters. The zero-order valence-corrected chi connectivity index (χ0v) is 33.3. The Bertz CT molecular complexity index is 1930. The number of rotatable bonds is 10. The number of halogens is 4. The minimum absolute atomic E-state index is 0.183. The van der Waals surface area contributed by atoms with Crippen molar-refractivity contribution in [1.82, 2.24) is 38.5 Å². The highest BCUT2D eigenvalue weighted by Gasteiger charge is 2.22. The van der Waals surface area contributed by atoms with Gasteiger partial charge in [0.2, 0.25) is 10.3 Å². The number of hydrogen-bond donors (Lipinski definition) is 0. The second-order valence-electron chi connectivity index (χ2n) is 13.0. The average Bonchev–Trinajstić information content (AvgIpc) is 3.90. The van der Waals surface area contributed by atoms with Crippen molar-refractivity contribution >= 4 is 68.1 Å². The van der Waals surface area contributed by atoms with Gasteiger partial charge in [0.15, 0.2) is 11.6 Å². The molecule has 0 unspecified atom stereocenters. The Kier molecular flexibility index (Phi) is 13.3. The van der Waals surface area contributed by atoms with E-state index in [2.05, 4.69) is 60.4 Å². The van der Waals surface area contributed by atoms with Gasteiger partial charge in [-0.3, -0.25) is 19.8 Å². The normalized spacial score (nSPS) is 15.3. The van der Waals surface area contributed by atoms with E-state index in [0.29, 0.717) is 21.7 Å². The van der Waals surface area contributed by atoms with Gasteiger partial charge in [0.25, 0.3) is 0 Å². The summed E-state index contributed by atoms with van der Waals surface area (Å²) >= 11 is 20.8. The van der Waals surface area contributed by atoms with Crippen molar-refractivity contribution in [2.75, 3.05) is 75.2 Å². The first-order chi connectivity index (χ1) is 26.3. The molecule has 16 heteroatoms. The molecule has 2 aromatic carbocycles. The van der Waals surface area contributed by atoms with Crippen molar-refractivity contribution in [3.05, 3.63) is 117 Å². The van der Waals surface area contributed by atoms with Gasteiger partial charge in [0.05, 0.1) is 10.0 Å². The quantitative estimate of drug-likeness (QED) is 0.135. The van der Waals surface area contributed by atoms with E-state index in [9.17, 15) is 4.39 Å². The summed E-state index contributed by atoms with van der Waals surface area (Å²) in [6, 6.07) is 18.6. The summed E-state index contributed by atoms with van der Waals surface area (Å²) in [5.41, 5.74) is 4.18. The third-order valence-corrected chi connectivity index (χ3v) is 11.5. The van der Waals surface area contributed by atoms with E-state index in [1.165, 1.54) is 46.3 Å². The number of anilines is 2. The molecule has 2 aliphatic heterocycles. The molecule has 0 N–H and O–H groups in total. The van der Waals surface area contributed by atoms with E-state index in [4.69, 9.17) is 34.8 Å². The fraction of sp³-hybridized carbons (Fsp3) is 0.316. The highest BCUT2D eigenvalue weighted by Crippen LogP contribution is 2.27. The topological polar surface area (TPSA) is 90.3 Å². The van der Waals surface area contributed by atoms with Crippen LogP contribution in [0.3, 0.4) is 0 Å². The number of nitrogens with zero attached hydrogens (tertiary/aromatic N) is 10. The Hall–Kier alpha value is -3.82. The van der Waals surface area contributed by atoms with Gasteiger partial charge in [-0.15, -0.1) is 0 Å². The molecule has 4 aromatic heterocycles. The van der Waals surface area contributed by atoms with Crippen LogP contribution in [0.25, 0.3) is 22.8 Å². The molecule has 0 bridgehead atoms. The van der Waals surface area contributed by atoms with Crippen LogP contribution >= 0.6 is 57.9 Å². The van der Waals surface area contributed by atoms with E-state index >= 15 is 0 Å². The second-order valence-corrected chi connectivity index (χ2v) is 15.8. The summed E-state index contributed by atoms with van der Waals surface area (Å²) < 4.78 is 21.9. The Morgan fingerprint density at radius 2 is 0.963 bits per heavy atom. The maximum atomic E-state index is 13.0. The van der Waals surface area contributed by atoms with E-state index in [0.717, 1.165) is 105 Å². The van der Waals surface area contributed by atoms with Crippen LogP contribution in [0.1, 0.15) is 11.1 Å². The monoisotopic (exact) mass is 822 g/mol. The highest BCUT2D eigenvalue weighted by atomic mass is 35.5. The van der Waals surface area contributed by atoms with E-state index < -0.39 is 0 Å². The maximum Gasteiger partial charge on any atom is 0.205 e. The lowest BCUT2D eigenvalue weighted by Gasteiger charge is -2.34. The molecule has 0 spiro atoms. The van der Waals surface area contributed by atoms with Crippen molar-refractivity contribution in [2.24, 2.45) is 0 Å². The maximum absolute atomic E-state index is 13.0.